The Morgan fingerprint density at radius 2 is 2.24 bits per heavy atom. The minimum atomic E-state index is -3.71. The molecule has 0 atom stereocenters. The number of fused-ring (bicyclic) bond motifs is 1. The molecular weight excluding hydrogens is 374 g/mol. The number of nitrogens with zero attached hydrogens (tertiary/aromatic N) is 2. The zero-order chi connectivity index (χ0) is 15.6. The lowest BCUT2D eigenvalue weighted by molar-refractivity contribution is 0.598. The summed E-state index contributed by atoms with van der Waals surface area (Å²) in [5, 5.41) is 6.01. The molecule has 0 bridgehead atoms. The lowest BCUT2D eigenvalue weighted by atomic mass is 10.3. The Labute approximate surface area is 136 Å². The number of aryl methyl sites for hydroxylation is 1. The van der Waals surface area contributed by atoms with Crippen molar-refractivity contribution in [3.8, 4) is 0 Å². The van der Waals surface area contributed by atoms with Gasteiger partial charge < -0.3 is 4.57 Å². The van der Waals surface area contributed by atoms with E-state index in [1.807, 2.05) is 0 Å². The van der Waals surface area contributed by atoms with E-state index in [2.05, 4.69) is 39.0 Å². The van der Waals surface area contributed by atoms with E-state index in [1.54, 1.807) is 17.8 Å². The fraction of sp³-hybridized carbons (Fsp3) is 0.308. The molecule has 2 aromatic rings. The highest BCUT2D eigenvalue weighted by atomic mass is 79.9. The van der Waals surface area contributed by atoms with E-state index in [4.69, 9.17) is 5.14 Å². The number of nitrogens with two attached hydrogens (primary N) is 1. The van der Waals surface area contributed by atoms with Crippen LogP contribution in [-0.2, 0) is 16.6 Å². The third-order valence-electron chi connectivity index (χ3n) is 2.82. The van der Waals surface area contributed by atoms with Crippen LogP contribution in [0.4, 0.5) is 0 Å². The molecule has 0 saturated heterocycles. The number of hydrogen-bond acceptors (Lipinski definition) is 4. The summed E-state index contributed by atoms with van der Waals surface area (Å²) in [6.45, 7) is 6.72. The number of aromatic nitrogens is 2. The molecule has 0 amide bonds. The molecule has 0 aliphatic rings. The Bertz CT molecular complexity index is 784. The van der Waals surface area contributed by atoms with Gasteiger partial charge in [0.1, 0.15) is 0 Å². The van der Waals surface area contributed by atoms with E-state index in [-0.39, 0.29) is 4.90 Å². The molecule has 0 spiro atoms. The number of thioether (sulfide) groups is 1. The molecule has 21 heavy (non-hydrogen) atoms. The van der Waals surface area contributed by atoms with E-state index < -0.39 is 10.0 Å². The Kier molecular flexibility index (Phi) is 5.13. The number of halogens is 1. The van der Waals surface area contributed by atoms with Gasteiger partial charge in [-0.15, -0.1) is 0 Å². The number of imidazole rings is 1. The summed E-state index contributed by atoms with van der Waals surface area (Å²) in [5.74, 6) is 0.703. The van der Waals surface area contributed by atoms with Crippen LogP contribution in [0.25, 0.3) is 11.0 Å². The minimum Gasteiger partial charge on any atom is -0.319 e. The van der Waals surface area contributed by atoms with Crippen LogP contribution in [0.3, 0.4) is 0 Å². The second-order valence-electron chi connectivity index (χ2n) is 4.55. The Balaban J connectivity index is 2.53. The maximum atomic E-state index is 11.4. The van der Waals surface area contributed by atoms with Gasteiger partial charge in [0.25, 0.3) is 0 Å². The van der Waals surface area contributed by atoms with Crippen molar-refractivity contribution in [2.45, 2.75) is 29.9 Å². The third kappa shape index (κ3) is 3.88. The normalized spacial score (nSPS) is 12.0. The molecule has 0 saturated carbocycles. The minimum absolute atomic E-state index is 0.0811. The number of rotatable bonds is 6. The lowest BCUT2D eigenvalue weighted by Crippen LogP contribution is -2.11. The van der Waals surface area contributed by atoms with Crippen LogP contribution >= 0.6 is 27.7 Å². The molecule has 2 rings (SSSR count). The lowest BCUT2D eigenvalue weighted by Gasteiger charge is -2.07. The van der Waals surface area contributed by atoms with Gasteiger partial charge in [0, 0.05) is 12.3 Å². The molecule has 5 nitrogen and oxygen atoms in total. The standard InChI is InChI=1S/C13H16BrN3O2S2/c1-3-6-17-12-5-4-10(21(15,18)19)7-11(12)16-13(17)20-8-9(2)14/h4-5,7H,2-3,6,8H2,1H3,(H2,15,18,19). The second kappa shape index (κ2) is 6.51. The van der Waals surface area contributed by atoms with Crippen molar-refractivity contribution in [2.24, 2.45) is 5.14 Å². The average Bonchev–Trinajstić information content (AvgIpc) is 2.73. The summed E-state index contributed by atoms with van der Waals surface area (Å²) < 4.78 is 25.8. The molecule has 1 aromatic carbocycles. The molecule has 8 heteroatoms. The highest BCUT2D eigenvalue weighted by molar-refractivity contribution is 9.11. The first-order valence-corrected chi connectivity index (χ1v) is 9.64. The van der Waals surface area contributed by atoms with Crippen LogP contribution in [0.5, 0.6) is 0 Å². The van der Waals surface area contributed by atoms with Crippen molar-refractivity contribution in [2.75, 3.05) is 5.75 Å². The van der Waals surface area contributed by atoms with Gasteiger partial charge in [-0.25, -0.2) is 18.5 Å². The van der Waals surface area contributed by atoms with Gasteiger partial charge in [-0.1, -0.05) is 41.2 Å². The first kappa shape index (κ1) is 16.5. The molecule has 0 fully saturated rings. The summed E-state index contributed by atoms with van der Waals surface area (Å²) in [6, 6.07) is 4.79. The van der Waals surface area contributed by atoms with Crippen LogP contribution in [0.2, 0.25) is 0 Å². The van der Waals surface area contributed by atoms with Crippen molar-refractivity contribution in [1.29, 1.82) is 0 Å². The molecular formula is C13H16BrN3O2S2. The zero-order valence-corrected chi connectivity index (χ0v) is 14.8. The average molecular weight is 390 g/mol. The second-order valence-corrected chi connectivity index (χ2v) is 8.17. The molecule has 114 valence electrons. The number of benzene rings is 1. The van der Waals surface area contributed by atoms with Gasteiger partial charge in [0.05, 0.1) is 15.9 Å². The summed E-state index contributed by atoms with van der Waals surface area (Å²) in [6.07, 6.45) is 0.964. The fourth-order valence-electron chi connectivity index (χ4n) is 1.96. The molecule has 0 unspecified atom stereocenters. The maximum absolute atomic E-state index is 11.4. The topological polar surface area (TPSA) is 78.0 Å². The predicted molar refractivity (Wildman–Crippen MR) is 90.2 cm³/mol. The monoisotopic (exact) mass is 389 g/mol. The van der Waals surface area contributed by atoms with E-state index in [0.717, 1.165) is 28.1 Å². The smallest absolute Gasteiger partial charge is 0.238 e. The predicted octanol–water partition coefficient (Wildman–Crippen LogP) is 3.09. The van der Waals surface area contributed by atoms with Crippen LogP contribution in [0, 0.1) is 0 Å². The maximum Gasteiger partial charge on any atom is 0.238 e. The Morgan fingerprint density at radius 3 is 2.81 bits per heavy atom. The molecule has 0 aliphatic carbocycles. The van der Waals surface area contributed by atoms with Crippen molar-refractivity contribution in [1.82, 2.24) is 9.55 Å². The summed E-state index contributed by atoms with van der Waals surface area (Å²) in [4.78, 5) is 4.60. The number of sulfonamides is 1. The van der Waals surface area contributed by atoms with E-state index >= 15 is 0 Å². The van der Waals surface area contributed by atoms with Gasteiger partial charge >= 0.3 is 0 Å². The van der Waals surface area contributed by atoms with Crippen LogP contribution in [0.1, 0.15) is 13.3 Å². The number of primary sulfonamides is 1. The van der Waals surface area contributed by atoms with Crippen molar-refractivity contribution >= 4 is 48.7 Å². The van der Waals surface area contributed by atoms with Gasteiger partial charge in [-0.05, 0) is 29.1 Å². The first-order chi connectivity index (χ1) is 9.82. The third-order valence-corrected chi connectivity index (χ3v) is 5.44. The number of hydrogen-bond donors (Lipinski definition) is 1. The summed E-state index contributed by atoms with van der Waals surface area (Å²) >= 11 is 4.89. The van der Waals surface area contributed by atoms with Crippen molar-refractivity contribution in [3.63, 3.8) is 0 Å². The van der Waals surface area contributed by atoms with Gasteiger partial charge in [-0.3, -0.25) is 0 Å². The molecule has 0 aliphatic heterocycles. The SMILES string of the molecule is C=C(Br)CSc1nc2cc(S(N)(=O)=O)ccc2n1CCC. The van der Waals surface area contributed by atoms with Crippen LogP contribution < -0.4 is 5.14 Å². The summed E-state index contributed by atoms with van der Waals surface area (Å²) in [7, 11) is -3.71. The molecule has 0 radical (unpaired) electrons. The Hall–Kier alpha value is -0.830. The van der Waals surface area contributed by atoms with Gasteiger partial charge in [0.15, 0.2) is 5.16 Å². The van der Waals surface area contributed by atoms with Crippen molar-refractivity contribution < 1.29 is 8.42 Å². The fourth-order valence-corrected chi connectivity index (χ4v) is 3.63. The highest BCUT2D eigenvalue weighted by Crippen LogP contribution is 2.28. The van der Waals surface area contributed by atoms with E-state index in [9.17, 15) is 8.42 Å². The zero-order valence-electron chi connectivity index (χ0n) is 11.5. The van der Waals surface area contributed by atoms with Gasteiger partial charge in [-0.2, -0.15) is 0 Å². The van der Waals surface area contributed by atoms with Crippen LogP contribution in [0.15, 0.2) is 39.3 Å². The molecule has 1 heterocycles. The highest BCUT2D eigenvalue weighted by Gasteiger charge is 2.14. The van der Waals surface area contributed by atoms with E-state index in [1.165, 1.54) is 12.1 Å². The summed E-state index contributed by atoms with van der Waals surface area (Å²) in [5.41, 5.74) is 1.55. The Morgan fingerprint density at radius 1 is 1.52 bits per heavy atom. The quantitative estimate of drug-likeness (QED) is 0.769. The molecule has 1 aromatic heterocycles. The van der Waals surface area contributed by atoms with E-state index in [0.29, 0.717) is 11.3 Å². The van der Waals surface area contributed by atoms with Gasteiger partial charge in [0.2, 0.25) is 10.0 Å². The largest absolute Gasteiger partial charge is 0.319 e. The molecule has 2 N–H and O–H groups in total. The van der Waals surface area contributed by atoms with Crippen LogP contribution in [-0.4, -0.2) is 23.7 Å². The first-order valence-electron chi connectivity index (χ1n) is 6.32. The van der Waals surface area contributed by atoms with Crippen molar-refractivity contribution in [3.05, 3.63) is 29.3 Å².